The molecule has 2 heterocycles. The number of furan rings is 1. The normalized spacial score (nSPS) is 17.6. The zero-order chi connectivity index (χ0) is 28.7. The van der Waals surface area contributed by atoms with Gasteiger partial charge >= 0.3 is 0 Å². The van der Waals surface area contributed by atoms with E-state index in [0.29, 0.717) is 40.4 Å². The number of aliphatic hydroxyl groups excluding tert-OH is 1. The average molecular weight is 532 g/mol. The van der Waals surface area contributed by atoms with Crippen LogP contribution < -0.4 is 4.74 Å². The number of hydrogen-bond donors (Lipinski definition) is 2. The van der Waals surface area contributed by atoms with Gasteiger partial charge in [0.05, 0.1) is 31.0 Å². The largest absolute Gasteiger partial charge is 0.507 e. The summed E-state index contributed by atoms with van der Waals surface area (Å²) in [7, 11) is 0. The average Bonchev–Trinajstić information content (AvgIpc) is 3.45. The number of carbonyl (C=O) groups is 2. The van der Waals surface area contributed by atoms with E-state index < -0.39 is 28.6 Å². The lowest BCUT2D eigenvalue weighted by Crippen LogP contribution is -2.29. The summed E-state index contributed by atoms with van der Waals surface area (Å²) in [6.07, 6.45) is 1.51. The Labute approximate surface area is 229 Å². The third-order valence-corrected chi connectivity index (χ3v) is 6.95. The molecule has 1 unspecified atom stereocenters. The van der Waals surface area contributed by atoms with Gasteiger partial charge in [-0.3, -0.25) is 9.59 Å². The van der Waals surface area contributed by atoms with E-state index in [0.717, 1.165) is 0 Å². The van der Waals surface area contributed by atoms with Crippen molar-refractivity contribution < 1.29 is 29.0 Å². The number of hydrogen-bond acceptors (Lipinski definition) is 6. The first-order valence-corrected chi connectivity index (χ1v) is 13.2. The Balaban J connectivity index is 1.98. The van der Waals surface area contributed by atoms with Crippen molar-refractivity contribution in [2.45, 2.75) is 71.9 Å². The molecule has 1 aromatic heterocycles. The maximum atomic E-state index is 13.5. The SMILES string of the molecule is CCOc1ccc(C(O)=C2C(=O)C(=O)N(Cc3ccco3)C2c2cc(C(C)(C)C)c(O)c(C(C)(C)C)c2)cc1. The highest BCUT2D eigenvalue weighted by Crippen LogP contribution is 2.46. The van der Waals surface area contributed by atoms with Gasteiger partial charge in [-0.15, -0.1) is 0 Å². The van der Waals surface area contributed by atoms with Crippen LogP contribution in [0.2, 0.25) is 0 Å². The van der Waals surface area contributed by atoms with Crippen molar-refractivity contribution in [1.82, 2.24) is 4.90 Å². The Kier molecular flexibility index (Phi) is 7.39. The molecule has 1 aliphatic rings. The Morgan fingerprint density at radius 3 is 2.05 bits per heavy atom. The Morgan fingerprint density at radius 2 is 1.56 bits per heavy atom. The van der Waals surface area contributed by atoms with E-state index in [1.165, 1.54) is 11.2 Å². The number of amides is 1. The van der Waals surface area contributed by atoms with E-state index in [1.54, 1.807) is 36.4 Å². The summed E-state index contributed by atoms with van der Waals surface area (Å²) in [5.74, 6) is -0.452. The van der Waals surface area contributed by atoms with Crippen molar-refractivity contribution in [2.24, 2.45) is 0 Å². The van der Waals surface area contributed by atoms with Crippen molar-refractivity contribution in [3.8, 4) is 11.5 Å². The van der Waals surface area contributed by atoms with Crippen LogP contribution in [0.15, 0.2) is 64.8 Å². The third-order valence-electron chi connectivity index (χ3n) is 6.95. The molecule has 1 atom stereocenters. The molecule has 1 fully saturated rings. The van der Waals surface area contributed by atoms with Gasteiger partial charge in [-0.1, -0.05) is 41.5 Å². The predicted octanol–water partition coefficient (Wildman–Crippen LogP) is 6.60. The van der Waals surface area contributed by atoms with Gasteiger partial charge in [0.1, 0.15) is 23.0 Å². The molecule has 1 saturated heterocycles. The Morgan fingerprint density at radius 1 is 0.974 bits per heavy atom. The number of aromatic hydroxyl groups is 1. The Bertz CT molecular complexity index is 1370. The molecule has 2 aromatic carbocycles. The minimum absolute atomic E-state index is 0.0128. The van der Waals surface area contributed by atoms with Crippen molar-refractivity contribution >= 4 is 17.4 Å². The van der Waals surface area contributed by atoms with Crippen LogP contribution in [-0.2, 0) is 27.0 Å². The maximum Gasteiger partial charge on any atom is 0.296 e. The molecule has 4 rings (SSSR count). The summed E-state index contributed by atoms with van der Waals surface area (Å²) in [4.78, 5) is 28.4. The number of phenolic OH excluding ortho intramolecular Hbond substituents is 1. The molecule has 206 valence electrons. The molecule has 7 nitrogen and oxygen atoms in total. The molecule has 0 saturated carbocycles. The van der Waals surface area contributed by atoms with E-state index in [9.17, 15) is 19.8 Å². The standard InChI is InChI=1S/C32H37NO6/c1-8-38-21-13-11-19(12-14-21)27(34)25-26(33(30(37)29(25)36)18-22-10-9-15-39-22)20-16-23(31(2,3)4)28(35)24(17-20)32(5,6)7/h9-17,26,34-35H,8,18H2,1-7H3. The Hall–Kier alpha value is -4.00. The van der Waals surface area contributed by atoms with Gasteiger partial charge in [-0.05, 0) is 83.0 Å². The molecule has 0 bridgehead atoms. The summed E-state index contributed by atoms with van der Waals surface area (Å²) in [5, 5.41) is 22.8. The smallest absolute Gasteiger partial charge is 0.296 e. The monoisotopic (exact) mass is 531 g/mol. The molecule has 2 N–H and O–H groups in total. The molecule has 3 aromatic rings. The number of rotatable bonds is 6. The highest BCUT2D eigenvalue weighted by atomic mass is 16.5. The number of nitrogens with zero attached hydrogens (tertiary/aromatic N) is 1. The number of Topliss-reactive ketones (excluding diaryl/α,β-unsaturated/α-hetero) is 1. The predicted molar refractivity (Wildman–Crippen MR) is 150 cm³/mol. The fourth-order valence-corrected chi connectivity index (χ4v) is 4.95. The molecule has 39 heavy (non-hydrogen) atoms. The van der Waals surface area contributed by atoms with Crippen LogP contribution in [0.25, 0.3) is 5.76 Å². The van der Waals surface area contributed by atoms with Crippen LogP contribution in [0.5, 0.6) is 11.5 Å². The molecule has 0 spiro atoms. The van der Waals surface area contributed by atoms with E-state index in [1.807, 2.05) is 60.6 Å². The summed E-state index contributed by atoms with van der Waals surface area (Å²) < 4.78 is 11.0. The van der Waals surface area contributed by atoms with Gasteiger partial charge in [-0.2, -0.15) is 0 Å². The molecule has 0 aliphatic carbocycles. The minimum Gasteiger partial charge on any atom is -0.507 e. The highest BCUT2D eigenvalue weighted by molar-refractivity contribution is 6.46. The van der Waals surface area contributed by atoms with E-state index >= 15 is 0 Å². The van der Waals surface area contributed by atoms with Crippen molar-refractivity contribution in [2.75, 3.05) is 6.61 Å². The van der Waals surface area contributed by atoms with Crippen molar-refractivity contribution in [1.29, 1.82) is 0 Å². The second kappa shape index (κ2) is 10.3. The lowest BCUT2D eigenvalue weighted by atomic mass is 9.77. The first-order valence-electron chi connectivity index (χ1n) is 13.2. The molecule has 7 heteroatoms. The number of ether oxygens (including phenoxy) is 1. The van der Waals surface area contributed by atoms with Gasteiger partial charge in [0.2, 0.25) is 0 Å². The number of ketones is 1. The van der Waals surface area contributed by atoms with Gasteiger partial charge in [0.15, 0.2) is 0 Å². The topological polar surface area (TPSA) is 100 Å². The second-order valence-corrected chi connectivity index (χ2v) is 11.9. The minimum atomic E-state index is -0.899. The first-order chi connectivity index (χ1) is 18.2. The van der Waals surface area contributed by atoms with Gasteiger partial charge in [-0.25, -0.2) is 0 Å². The number of benzene rings is 2. The fourth-order valence-electron chi connectivity index (χ4n) is 4.95. The quantitative estimate of drug-likeness (QED) is 0.211. The lowest BCUT2D eigenvalue weighted by Gasteiger charge is -2.31. The molecular weight excluding hydrogens is 494 g/mol. The molecule has 0 radical (unpaired) electrons. The first kappa shape index (κ1) is 28.0. The second-order valence-electron chi connectivity index (χ2n) is 11.9. The number of carbonyl (C=O) groups excluding carboxylic acids is 2. The third kappa shape index (κ3) is 5.44. The van der Waals surface area contributed by atoms with Crippen LogP contribution >= 0.6 is 0 Å². The summed E-state index contributed by atoms with van der Waals surface area (Å²) >= 11 is 0. The number of phenols is 1. The van der Waals surface area contributed by atoms with Crippen LogP contribution in [0, 0.1) is 0 Å². The van der Waals surface area contributed by atoms with E-state index in [-0.39, 0.29) is 23.6 Å². The molecule has 1 aliphatic heterocycles. The fraction of sp³-hybridized carbons (Fsp3) is 0.375. The molecule has 1 amide bonds. The maximum absolute atomic E-state index is 13.5. The lowest BCUT2D eigenvalue weighted by molar-refractivity contribution is -0.140. The zero-order valence-electron chi connectivity index (χ0n) is 23.7. The summed E-state index contributed by atoms with van der Waals surface area (Å²) in [5.41, 5.74) is 1.52. The zero-order valence-corrected chi connectivity index (χ0v) is 23.7. The van der Waals surface area contributed by atoms with Crippen LogP contribution in [0.1, 0.15) is 82.5 Å². The van der Waals surface area contributed by atoms with Gasteiger partial charge < -0.3 is 24.3 Å². The van der Waals surface area contributed by atoms with Crippen LogP contribution in [-0.4, -0.2) is 33.4 Å². The highest BCUT2D eigenvalue weighted by Gasteiger charge is 2.47. The number of aliphatic hydroxyl groups is 1. The van der Waals surface area contributed by atoms with Gasteiger partial charge in [0, 0.05) is 5.56 Å². The van der Waals surface area contributed by atoms with Crippen molar-refractivity contribution in [3.63, 3.8) is 0 Å². The van der Waals surface area contributed by atoms with Gasteiger partial charge in [0.25, 0.3) is 11.7 Å². The molecular formula is C32H37NO6. The van der Waals surface area contributed by atoms with Crippen LogP contribution in [0.3, 0.4) is 0 Å². The van der Waals surface area contributed by atoms with E-state index in [4.69, 9.17) is 9.15 Å². The number of likely N-dealkylation sites (tertiary alicyclic amines) is 1. The van der Waals surface area contributed by atoms with Crippen LogP contribution in [0.4, 0.5) is 0 Å². The van der Waals surface area contributed by atoms with Crippen molar-refractivity contribution in [3.05, 3.63) is 88.4 Å². The summed E-state index contributed by atoms with van der Waals surface area (Å²) in [6.45, 7) is 14.4. The van der Waals surface area contributed by atoms with E-state index in [2.05, 4.69) is 0 Å². The summed E-state index contributed by atoms with van der Waals surface area (Å²) in [6, 6.07) is 13.0.